The van der Waals surface area contributed by atoms with Gasteiger partial charge in [-0.25, -0.2) is 9.59 Å². The van der Waals surface area contributed by atoms with Crippen LogP contribution in [-0.2, 0) is 30.3 Å². The van der Waals surface area contributed by atoms with Gasteiger partial charge in [0.1, 0.15) is 6.61 Å². The van der Waals surface area contributed by atoms with Gasteiger partial charge in [0.2, 0.25) is 0 Å². The number of esters is 1. The van der Waals surface area contributed by atoms with Crippen LogP contribution in [0.3, 0.4) is 0 Å². The van der Waals surface area contributed by atoms with Crippen LogP contribution in [0, 0.1) is 5.92 Å². The van der Waals surface area contributed by atoms with Crippen molar-refractivity contribution in [2.75, 3.05) is 26.9 Å². The van der Waals surface area contributed by atoms with Gasteiger partial charge < -0.3 is 24.3 Å². The number of methoxy groups -OCH3 is 1. The van der Waals surface area contributed by atoms with E-state index in [2.05, 4.69) is 5.32 Å². The predicted octanol–water partition coefficient (Wildman–Crippen LogP) is 2.29. The van der Waals surface area contributed by atoms with Crippen LogP contribution in [0.25, 0.3) is 0 Å². The molecule has 0 aliphatic carbocycles. The van der Waals surface area contributed by atoms with Crippen LogP contribution in [0.1, 0.15) is 25.3 Å². The van der Waals surface area contributed by atoms with Gasteiger partial charge in [0.25, 0.3) is 0 Å². The molecule has 2 rings (SSSR count). The van der Waals surface area contributed by atoms with E-state index >= 15 is 0 Å². The second kappa shape index (κ2) is 10.8. The highest BCUT2D eigenvalue weighted by atomic mass is 16.6. The van der Waals surface area contributed by atoms with Gasteiger partial charge in [0, 0.05) is 13.2 Å². The zero-order chi connectivity index (χ0) is 18.8. The summed E-state index contributed by atoms with van der Waals surface area (Å²) in [5.41, 5.74) is 0.862. The quantitative estimate of drug-likeness (QED) is 0.712. The van der Waals surface area contributed by atoms with E-state index in [1.807, 2.05) is 30.3 Å². The number of benzene rings is 1. The van der Waals surface area contributed by atoms with Crippen molar-refractivity contribution in [2.45, 2.75) is 38.5 Å². The van der Waals surface area contributed by atoms with Gasteiger partial charge in [-0.2, -0.15) is 0 Å². The van der Waals surface area contributed by atoms with Gasteiger partial charge in [-0.1, -0.05) is 30.3 Å². The van der Waals surface area contributed by atoms with Crippen molar-refractivity contribution in [3.8, 4) is 0 Å². The molecule has 0 saturated carbocycles. The molecule has 7 heteroatoms. The Labute approximate surface area is 153 Å². The lowest BCUT2D eigenvalue weighted by atomic mass is 10.0. The average molecular weight is 365 g/mol. The summed E-state index contributed by atoms with van der Waals surface area (Å²) in [5.74, 6) is -0.171. The number of ether oxygens (including phenoxy) is 4. The van der Waals surface area contributed by atoms with E-state index in [1.54, 1.807) is 6.92 Å². The number of hydrogen-bond donors (Lipinski definition) is 1. The van der Waals surface area contributed by atoms with E-state index in [0.29, 0.717) is 12.5 Å². The highest BCUT2D eigenvalue weighted by molar-refractivity contribution is 5.81. The van der Waals surface area contributed by atoms with Crippen molar-refractivity contribution in [2.24, 2.45) is 5.92 Å². The Bertz CT molecular complexity index is 558. The van der Waals surface area contributed by atoms with Gasteiger partial charge in [0.05, 0.1) is 19.8 Å². The third kappa shape index (κ3) is 6.65. The molecule has 1 aliphatic heterocycles. The van der Waals surface area contributed by atoms with Crippen molar-refractivity contribution in [3.05, 3.63) is 35.9 Å². The molecule has 1 amide bonds. The summed E-state index contributed by atoms with van der Waals surface area (Å²) in [6.45, 7) is 3.83. The van der Waals surface area contributed by atoms with Crippen molar-refractivity contribution >= 4 is 12.1 Å². The third-order valence-corrected chi connectivity index (χ3v) is 4.35. The van der Waals surface area contributed by atoms with Crippen LogP contribution >= 0.6 is 0 Å². The first-order chi connectivity index (χ1) is 12.6. The summed E-state index contributed by atoms with van der Waals surface area (Å²) in [6.07, 6.45) is 0.643. The Balaban J connectivity index is 1.82. The number of nitrogens with one attached hydrogen (secondary N) is 1. The molecule has 1 heterocycles. The number of alkyl carbamates (subject to hydrolysis) is 1. The minimum absolute atomic E-state index is 0.123. The second-order valence-electron chi connectivity index (χ2n) is 6.30. The van der Waals surface area contributed by atoms with Crippen LogP contribution in [0.15, 0.2) is 30.3 Å². The second-order valence-corrected chi connectivity index (χ2v) is 6.30. The first-order valence-corrected chi connectivity index (χ1v) is 8.84. The van der Waals surface area contributed by atoms with E-state index < -0.39 is 24.2 Å². The summed E-state index contributed by atoms with van der Waals surface area (Å²) in [4.78, 5) is 24.1. The van der Waals surface area contributed by atoms with Crippen LogP contribution in [-0.4, -0.2) is 51.1 Å². The summed E-state index contributed by atoms with van der Waals surface area (Å²) in [6, 6.07) is 8.38. The normalized spacial score (nSPS) is 17.2. The summed E-state index contributed by atoms with van der Waals surface area (Å²) in [5, 5.41) is 2.54. The molecule has 2 atom stereocenters. The molecule has 2 unspecified atom stereocenters. The highest BCUT2D eigenvalue weighted by Crippen LogP contribution is 2.16. The van der Waals surface area contributed by atoms with Crippen LogP contribution in [0.2, 0.25) is 0 Å². The number of rotatable bonds is 8. The van der Waals surface area contributed by atoms with E-state index in [1.165, 1.54) is 7.11 Å². The minimum Gasteiger partial charge on any atom is -0.467 e. The number of hydrogen-bond acceptors (Lipinski definition) is 6. The Kier molecular flexibility index (Phi) is 8.37. The van der Waals surface area contributed by atoms with Crippen molar-refractivity contribution in [1.29, 1.82) is 0 Å². The van der Waals surface area contributed by atoms with E-state index in [0.717, 1.165) is 31.6 Å². The summed E-state index contributed by atoms with van der Waals surface area (Å²) >= 11 is 0. The van der Waals surface area contributed by atoms with E-state index in [-0.39, 0.29) is 6.61 Å². The monoisotopic (exact) mass is 365 g/mol. The molecule has 26 heavy (non-hydrogen) atoms. The Morgan fingerprint density at radius 2 is 1.92 bits per heavy atom. The maximum absolute atomic E-state index is 12.0. The molecule has 1 aromatic carbocycles. The molecule has 1 fully saturated rings. The lowest BCUT2D eigenvalue weighted by Gasteiger charge is -2.27. The molecule has 1 aromatic rings. The lowest BCUT2D eigenvalue weighted by molar-refractivity contribution is -0.147. The predicted molar refractivity (Wildman–Crippen MR) is 94.5 cm³/mol. The summed E-state index contributed by atoms with van der Waals surface area (Å²) < 4.78 is 21.1. The fourth-order valence-electron chi connectivity index (χ4n) is 2.68. The fourth-order valence-corrected chi connectivity index (χ4v) is 2.68. The minimum atomic E-state index is -0.928. The molecular formula is C19H27NO6. The van der Waals surface area contributed by atoms with Crippen LogP contribution in [0.4, 0.5) is 4.79 Å². The van der Waals surface area contributed by atoms with E-state index in [4.69, 9.17) is 18.9 Å². The van der Waals surface area contributed by atoms with Crippen molar-refractivity contribution in [1.82, 2.24) is 5.32 Å². The smallest absolute Gasteiger partial charge is 0.408 e. The van der Waals surface area contributed by atoms with Gasteiger partial charge >= 0.3 is 12.1 Å². The number of amides is 1. The Morgan fingerprint density at radius 3 is 2.58 bits per heavy atom. The Hall–Kier alpha value is -2.12. The zero-order valence-electron chi connectivity index (χ0n) is 15.3. The number of carbonyl (C=O) groups is 2. The van der Waals surface area contributed by atoms with Gasteiger partial charge in [-0.05, 0) is 31.2 Å². The molecule has 1 aliphatic rings. The average Bonchev–Trinajstić information content (AvgIpc) is 2.69. The summed E-state index contributed by atoms with van der Waals surface area (Å²) in [7, 11) is 1.28. The largest absolute Gasteiger partial charge is 0.467 e. The maximum atomic E-state index is 12.0. The topological polar surface area (TPSA) is 83.1 Å². The first kappa shape index (κ1) is 20.2. The Morgan fingerprint density at radius 1 is 1.23 bits per heavy atom. The van der Waals surface area contributed by atoms with Crippen molar-refractivity contribution in [3.63, 3.8) is 0 Å². The van der Waals surface area contributed by atoms with Gasteiger partial charge in [-0.3, -0.25) is 0 Å². The van der Waals surface area contributed by atoms with Gasteiger partial charge in [-0.15, -0.1) is 0 Å². The molecule has 0 spiro atoms. The van der Waals surface area contributed by atoms with E-state index in [9.17, 15) is 9.59 Å². The standard InChI is InChI=1S/C19H27NO6/c1-14(25-12-16-8-10-24-11-9-16)17(18(21)23-2)20-19(22)26-13-15-6-4-3-5-7-15/h3-7,14,16-17H,8-13H2,1-2H3,(H,20,22). The van der Waals surface area contributed by atoms with Crippen molar-refractivity contribution < 1.29 is 28.5 Å². The molecule has 7 nitrogen and oxygen atoms in total. The zero-order valence-corrected chi connectivity index (χ0v) is 15.3. The fraction of sp³-hybridized carbons (Fsp3) is 0.579. The molecule has 144 valence electrons. The molecule has 1 N–H and O–H groups in total. The number of carbonyl (C=O) groups excluding carboxylic acids is 2. The molecule has 0 bridgehead atoms. The highest BCUT2D eigenvalue weighted by Gasteiger charge is 2.30. The molecule has 1 saturated heterocycles. The molecule has 0 radical (unpaired) electrons. The third-order valence-electron chi connectivity index (χ3n) is 4.35. The lowest BCUT2D eigenvalue weighted by Crippen LogP contribution is -2.49. The SMILES string of the molecule is COC(=O)C(NC(=O)OCc1ccccc1)C(C)OCC1CCOCC1. The van der Waals surface area contributed by atoms with Gasteiger partial charge in [0.15, 0.2) is 6.04 Å². The molecular weight excluding hydrogens is 338 g/mol. The van der Waals surface area contributed by atoms with Crippen LogP contribution < -0.4 is 5.32 Å². The van der Waals surface area contributed by atoms with Crippen LogP contribution in [0.5, 0.6) is 0 Å². The maximum Gasteiger partial charge on any atom is 0.408 e. The first-order valence-electron chi connectivity index (χ1n) is 8.84. The molecule has 0 aromatic heterocycles.